The van der Waals surface area contributed by atoms with Crippen LogP contribution in [0.4, 0.5) is 29.3 Å². The molecule has 1 amide bonds. The van der Waals surface area contributed by atoms with Crippen molar-refractivity contribution in [2.75, 3.05) is 30.8 Å². The molecule has 1 atom stereocenters. The first kappa shape index (κ1) is 34.3. The van der Waals surface area contributed by atoms with E-state index in [2.05, 4.69) is 25.9 Å². The Morgan fingerprint density at radius 2 is 1.49 bits per heavy atom. The summed E-state index contributed by atoms with van der Waals surface area (Å²) in [6, 6.07) is 26.6. The van der Waals surface area contributed by atoms with Crippen molar-refractivity contribution in [3.8, 4) is 5.75 Å². The Hall–Kier alpha value is -5.20. The number of nitrogens with one attached hydrogen (secondary N) is 3. The minimum Gasteiger partial charge on any atom is -0.496 e. The molecule has 238 valence electrons. The Balaban J connectivity index is 0.000000707. The van der Waals surface area contributed by atoms with Crippen molar-refractivity contribution in [2.24, 2.45) is 0 Å². The monoisotopic (exact) mass is 627 g/mol. The van der Waals surface area contributed by atoms with E-state index in [1.807, 2.05) is 84.9 Å². The van der Waals surface area contributed by atoms with Crippen LogP contribution in [0.5, 0.6) is 5.75 Å². The van der Waals surface area contributed by atoms with E-state index >= 15 is 0 Å². The highest BCUT2D eigenvalue weighted by molar-refractivity contribution is 5.84. The second kappa shape index (κ2) is 17.2. The van der Waals surface area contributed by atoms with E-state index in [0.717, 1.165) is 28.6 Å². The fourth-order valence-corrected chi connectivity index (χ4v) is 4.09. The van der Waals surface area contributed by atoms with Crippen LogP contribution < -0.4 is 20.7 Å². The summed E-state index contributed by atoms with van der Waals surface area (Å²) in [5, 5.41) is 16.2. The summed E-state index contributed by atoms with van der Waals surface area (Å²) in [4.78, 5) is 30.4. The number of hydrogen-bond acceptors (Lipinski definition) is 7. The van der Waals surface area contributed by atoms with Gasteiger partial charge in [0.1, 0.15) is 11.8 Å². The van der Waals surface area contributed by atoms with Crippen LogP contribution in [0.1, 0.15) is 16.7 Å². The van der Waals surface area contributed by atoms with E-state index in [9.17, 15) is 22.4 Å². The molecule has 4 aromatic rings. The molecule has 45 heavy (non-hydrogen) atoms. The number of amides is 1. The van der Waals surface area contributed by atoms with Gasteiger partial charge in [-0.1, -0.05) is 78.9 Å². The fraction of sp³-hybridized carbons (Fsp3) is 0.250. The highest BCUT2D eigenvalue weighted by atomic mass is 19.4. The minimum atomic E-state index is -5.08. The zero-order chi connectivity index (χ0) is 32.7. The normalized spacial score (nSPS) is 11.4. The van der Waals surface area contributed by atoms with Crippen molar-refractivity contribution in [2.45, 2.75) is 31.5 Å². The average Bonchev–Trinajstić information content (AvgIpc) is 3.03. The molecule has 3 aromatic carbocycles. The number of carbonyl (C=O) groups is 2. The summed E-state index contributed by atoms with van der Waals surface area (Å²) in [5.74, 6) is -2.57. The number of benzene rings is 3. The molecular formula is C32H33F4N5O4. The van der Waals surface area contributed by atoms with Crippen molar-refractivity contribution in [3.63, 3.8) is 0 Å². The van der Waals surface area contributed by atoms with Crippen molar-refractivity contribution in [1.29, 1.82) is 0 Å². The molecule has 1 aromatic heterocycles. The lowest BCUT2D eigenvalue weighted by atomic mass is 10.0. The topological polar surface area (TPSA) is 125 Å². The van der Waals surface area contributed by atoms with E-state index in [1.165, 1.54) is 0 Å². The molecule has 0 saturated carbocycles. The molecule has 4 rings (SSSR count). The van der Waals surface area contributed by atoms with Gasteiger partial charge >= 0.3 is 12.1 Å². The molecule has 0 aliphatic carbocycles. The maximum absolute atomic E-state index is 14.7. The molecule has 0 aliphatic heterocycles. The maximum Gasteiger partial charge on any atom is 0.490 e. The Kier molecular flexibility index (Phi) is 13.1. The summed E-state index contributed by atoms with van der Waals surface area (Å²) >= 11 is 0. The van der Waals surface area contributed by atoms with Gasteiger partial charge in [0.25, 0.3) is 0 Å². The summed E-state index contributed by atoms with van der Waals surface area (Å²) in [6.45, 7) is 0.997. The third-order valence-corrected chi connectivity index (χ3v) is 6.32. The molecule has 9 nitrogen and oxygen atoms in total. The number of rotatable bonds is 13. The Labute approximate surface area is 257 Å². The van der Waals surface area contributed by atoms with Crippen LogP contribution in [0.3, 0.4) is 0 Å². The molecule has 0 bridgehead atoms. The van der Waals surface area contributed by atoms with Gasteiger partial charge in [-0.3, -0.25) is 4.79 Å². The summed E-state index contributed by atoms with van der Waals surface area (Å²) in [7, 11) is 1.64. The van der Waals surface area contributed by atoms with E-state index in [0.29, 0.717) is 32.4 Å². The summed E-state index contributed by atoms with van der Waals surface area (Å²) in [5.41, 5.74) is 3.12. The molecule has 4 N–H and O–H groups in total. The lowest BCUT2D eigenvalue weighted by Crippen LogP contribution is -2.42. The second-order valence-electron chi connectivity index (χ2n) is 9.59. The Morgan fingerprint density at radius 1 is 0.889 bits per heavy atom. The quantitative estimate of drug-likeness (QED) is 0.147. The number of hydrogen-bond donors (Lipinski definition) is 4. The van der Waals surface area contributed by atoms with Crippen molar-refractivity contribution >= 4 is 23.6 Å². The van der Waals surface area contributed by atoms with Crippen LogP contribution in [0.25, 0.3) is 0 Å². The number of anilines is 2. The lowest BCUT2D eigenvalue weighted by molar-refractivity contribution is -0.192. The molecule has 0 radical (unpaired) electrons. The fourth-order valence-electron chi connectivity index (χ4n) is 4.09. The van der Waals surface area contributed by atoms with Crippen molar-refractivity contribution in [1.82, 2.24) is 15.3 Å². The standard InChI is InChI=1S/C30H32FN5O2.C2HF3O2/c1-38-27-15-9-8-14-24(27)17-19-33-30-34-21-25(31)28(36-30)35-26(20-23-12-6-3-7-13-23)29(37)32-18-16-22-10-4-2-5-11-22;3-2(4,5)1(6)7/h2-15,21,26H,16-20H2,1H3,(H,32,37)(H2,33,34,35,36);(H,6,7)/t26-;/m0./s1. The molecule has 13 heteroatoms. The average molecular weight is 628 g/mol. The second-order valence-corrected chi connectivity index (χ2v) is 9.59. The molecule has 0 unspecified atom stereocenters. The summed E-state index contributed by atoms with van der Waals surface area (Å²) < 4.78 is 51.9. The number of carboxylic acid groups (broad SMARTS) is 1. The zero-order valence-corrected chi connectivity index (χ0v) is 24.4. The van der Waals surface area contributed by atoms with Gasteiger partial charge in [0.05, 0.1) is 13.3 Å². The van der Waals surface area contributed by atoms with Crippen LogP contribution in [0, 0.1) is 5.82 Å². The number of carbonyl (C=O) groups excluding carboxylic acids is 1. The molecule has 0 aliphatic rings. The van der Waals surface area contributed by atoms with Crippen molar-refractivity contribution in [3.05, 3.63) is 114 Å². The molecule has 1 heterocycles. The summed E-state index contributed by atoms with van der Waals surface area (Å²) in [6.07, 6.45) is -2.23. The van der Waals surface area contributed by atoms with E-state index < -0.39 is 24.0 Å². The van der Waals surface area contributed by atoms with Crippen molar-refractivity contribution < 1.29 is 37.0 Å². The smallest absolute Gasteiger partial charge is 0.490 e. The van der Waals surface area contributed by atoms with Gasteiger partial charge in [-0.25, -0.2) is 14.2 Å². The molecule has 0 fully saturated rings. The van der Waals surface area contributed by atoms with Gasteiger partial charge in [0, 0.05) is 19.5 Å². The number of carboxylic acids is 1. The first-order chi connectivity index (χ1) is 21.6. The highest BCUT2D eigenvalue weighted by Crippen LogP contribution is 2.19. The van der Waals surface area contributed by atoms with Crippen LogP contribution in [0.2, 0.25) is 0 Å². The third-order valence-electron chi connectivity index (χ3n) is 6.32. The van der Waals surface area contributed by atoms with Crippen LogP contribution in [0.15, 0.2) is 91.1 Å². The molecule has 0 spiro atoms. The Bertz CT molecular complexity index is 1510. The van der Waals surface area contributed by atoms with Gasteiger partial charge in [-0.15, -0.1) is 0 Å². The number of aromatic nitrogens is 2. The van der Waals surface area contributed by atoms with E-state index in [1.54, 1.807) is 7.11 Å². The number of para-hydroxylation sites is 1. The van der Waals surface area contributed by atoms with E-state index in [-0.39, 0.29) is 17.7 Å². The number of nitrogens with zero attached hydrogens (tertiary/aromatic N) is 2. The third kappa shape index (κ3) is 11.8. The van der Waals surface area contributed by atoms with Crippen LogP contribution >= 0.6 is 0 Å². The highest BCUT2D eigenvalue weighted by Gasteiger charge is 2.38. The van der Waals surface area contributed by atoms with E-state index in [4.69, 9.17) is 14.6 Å². The van der Waals surface area contributed by atoms with Crippen LogP contribution in [-0.2, 0) is 28.9 Å². The molecular weight excluding hydrogens is 594 g/mol. The first-order valence-electron chi connectivity index (χ1n) is 13.9. The molecule has 0 saturated heterocycles. The van der Waals surface area contributed by atoms with Gasteiger partial charge in [0.2, 0.25) is 11.9 Å². The van der Waals surface area contributed by atoms with Gasteiger partial charge < -0.3 is 25.8 Å². The predicted molar refractivity (Wildman–Crippen MR) is 162 cm³/mol. The van der Waals surface area contributed by atoms with Gasteiger partial charge in [-0.2, -0.15) is 18.2 Å². The van der Waals surface area contributed by atoms with Gasteiger partial charge in [0.15, 0.2) is 11.6 Å². The predicted octanol–water partition coefficient (Wildman–Crippen LogP) is 5.29. The number of methoxy groups -OCH3 is 1. The Morgan fingerprint density at radius 3 is 2.11 bits per heavy atom. The number of ether oxygens (including phenoxy) is 1. The zero-order valence-electron chi connectivity index (χ0n) is 24.4. The van der Waals surface area contributed by atoms with Gasteiger partial charge in [-0.05, 0) is 35.6 Å². The maximum atomic E-state index is 14.7. The minimum absolute atomic E-state index is 0.0288. The SMILES string of the molecule is COc1ccccc1CCNc1ncc(F)c(N[C@@H](Cc2ccccc2)C(=O)NCCc2ccccc2)n1.O=C(O)C(F)(F)F. The van der Waals surface area contributed by atoms with Crippen LogP contribution in [-0.4, -0.2) is 59.4 Å². The number of aliphatic carboxylic acids is 1. The lowest BCUT2D eigenvalue weighted by Gasteiger charge is -2.20. The number of halogens is 4. The largest absolute Gasteiger partial charge is 0.496 e. The first-order valence-corrected chi connectivity index (χ1v) is 13.9. The number of alkyl halides is 3.